The molecular formula is C10H15N3OS. The van der Waals surface area contributed by atoms with Crippen LogP contribution in [-0.4, -0.2) is 24.0 Å². The summed E-state index contributed by atoms with van der Waals surface area (Å²) < 4.78 is 0. The number of carbonyl (C=O) groups excluding carboxylic acids is 1. The molecule has 0 bridgehead atoms. The van der Waals surface area contributed by atoms with Crippen molar-refractivity contribution in [1.29, 1.82) is 0 Å². The average molecular weight is 225 g/mol. The number of nitrogens with one attached hydrogen (secondary N) is 2. The second-order valence-corrected chi connectivity index (χ2v) is 4.64. The molecule has 0 aliphatic heterocycles. The maximum absolute atomic E-state index is 11.3. The molecule has 2 N–H and O–H groups in total. The van der Waals surface area contributed by atoms with Crippen molar-refractivity contribution in [2.75, 3.05) is 18.4 Å². The van der Waals surface area contributed by atoms with Crippen LogP contribution >= 0.6 is 11.3 Å². The molecule has 4 nitrogen and oxygen atoms in total. The molecule has 0 unspecified atom stereocenters. The van der Waals surface area contributed by atoms with Gasteiger partial charge in [0.2, 0.25) is 5.91 Å². The minimum absolute atomic E-state index is 0.201. The summed E-state index contributed by atoms with van der Waals surface area (Å²) in [5.41, 5.74) is 1.03. The predicted molar refractivity (Wildman–Crippen MR) is 61.1 cm³/mol. The molecule has 0 saturated heterocycles. The highest BCUT2D eigenvalue weighted by Crippen LogP contribution is 2.28. The van der Waals surface area contributed by atoms with Crippen LogP contribution in [0, 0.1) is 12.8 Å². The number of thiazole rings is 1. The average Bonchev–Trinajstić information content (AvgIpc) is 2.98. The van der Waals surface area contributed by atoms with Crippen LogP contribution in [0.1, 0.15) is 18.5 Å². The highest BCUT2D eigenvalue weighted by Gasteiger charge is 2.28. The minimum atomic E-state index is 0.201. The van der Waals surface area contributed by atoms with E-state index in [-0.39, 0.29) is 5.91 Å². The number of anilines is 1. The van der Waals surface area contributed by atoms with Gasteiger partial charge in [-0.2, -0.15) is 0 Å². The summed E-state index contributed by atoms with van der Waals surface area (Å²) in [6.07, 6.45) is 2.12. The Hall–Kier alpha value is -1.10. The summed E-state index contributed by atoms with van der Waals surface area (Å²) in [6.45, 7) is 3.38. The minimum Gasteiger partial charge on any atom is -0.360 e. The van der Waals surface area contributed by atoms with Gasteiger partial charge < -0.3 is 10.6 Å². The van der Waals surface area contributed by atoms with Gasteiger partial charge in [0.05, 0.1) is 5.69 Å². The summed E-state index contributed by atoms with van der Waals surface area (Å²) >= 11 is 1.59. The molecule has 1 saturated carbocycles. The fraction of sp³-hybridized carbons (Fsp3) is 0.600. The number of carbonyl (C=O) groups is 1. The molecule has 15 heavy (non-hydrogen) atoms. The molecule has 1 aliphatic carbocycles. The highest BCUT2D eigenvalue weighted by molar-refractivity contribution is 7.13. The van der Waals surface area contributed by atoms with Crippen LogP contribution in [-0.2, 0) is 4.79 Å². The Morgan fingerprint density at radius 1 is 1.60 bits per heavy atom. The van der Waals surface area contributed by atoms with E-state index < -0.39 is 0 Å². The Morgan fingerprint density at radius 3 is 3.00 bits per heavy atom. The Bertz CT molecular complexity index is 346. The topological polar surface area (TPSA) is 54.0 Å². The van der Waals surface area contributed by atoms with Crippen LogP contribution in [0.4, 0.5) is 5.13 Å². The lowest BCUT2D eigenvalue weighted by atomic mass is 10.4. The lowest BCUT2D eigenvalue weighted by molar-refractivity contribution is -0.122. The van der Waals surface area contributed by atoms with E-state index in [0.717, 1.165) is 30.2 Å². The van der Waals surface area contributed by atoms with E-state index in [1.165, 1.54) is 0 Å². The highest BCUT2D eigenvalue weighted by atomic mass is 32.1. The fourth-order valence-corrected chi connectivity index (χ4v) is 2.00. The molecule has 0 spiro atoms. The number of nitrogens with zero attached hydrogens (tertiary/aromatic N) is 1. The van der Waals surface area contributed by atoms with Crippen molar-refractivity contribution >= 4 is 22.4 Å². The van der Waals surface area contributed by atoms with Gasteiger partial charge in [0.1, 0.15) is 0 Å². The first-order chi connectivity index (χ1) is 7.25. The molecule has 1 amide bonds. The zero-order valence-electron chi connectivity index (χ0n) is 8.75. The number of hydrogen-bond acceptors (Lipinski definition) is 4. The monoisotopic (exact) mass is 225 g/mol. The van der Waals surface area contributed by atoms with Gasteiger partial charge in [0.15, 0.2) is 5.13 Å². The molecule has 0 atom stereocenters. The molecule has 0 aromatic carbocycles. The lowest BCUT2D eigenvalue weighted by Crippen LogP contribution is -2.29. The van der Waals surface area contributed by atoms with E-state index in [9.17, 15) is 4.79 Å². The van der Waals surface area contributed by atoms with Crippen LogP contribution in [0.15, 0.2) is 5.38 Å². The second kappa shape index (κ2) is 4.61. The quantitative estimate of drug-likeness (QED) is 0.745. The van der Waals surface area contributed by atoms with Gasteiger partial charge in [-0.25, -0.2) is 4.98 Å². The Balaban J connectivity index is 1.60. The predicted octanol–water partition coefficient (Wildman–Crippen LogP) is 1.39. The van der Waals surface area contributed by atoms with Crippen LogP contribution in [0.3, 0.4) is 0 Å². The number of amides is 1. The summed E-state index contributed by atoms with van der Waals surface area (Å²) in [4.78, 5) is 15.5. The third-order valence-corrected chi connectivity index (χ3v) is 3.19. The number of aromatic nitrogens is 1. The molecule has 1 aromatic rings. The van der Waals surface area contributed by atoms with Crippen molar-refractivity contribution in [2.45, 2.75) is 19.8 Å². The van der Waals surface area contributed by atoms with Gasteiger partial charge in [-0.15, -0.1) is 11.3 Å². The third-order valence-electron chi connectivity index (χ3n) is 2.27. The third kappa shape index (κ3) is 3.20. The molecule has 1 heterocycles. The molecule has 5 heteroatoms. The Kier molecular flexibility index (Phi) is 3.20. The van der Waals surface area contributed by atoms with Gasteiger partial charge in [-0.3, -0.25) is 4.79 Å². The fourth-order valence-electron chi connectivity index (χ4n) is 1.28. The second-order valence-electron chi connectivity index (χ2n) is 3.79. The standard InChI is InChI=1S/C10H15N3OS/c1-7-6-15-10(13-7)12-5-4-11-9(14)8-2-3-8/h6,8H,2-5H2,1H3,(H,11,14)(H,12,13). The smallest absolute Gasteiger partial charge is 0.223 e. The van der Waals surface area contributed by atoms with E-state index >= 15 is 0 Å². The van der Waals surface area contributed by atoms with Gasteiger partial charge in [0.25, 0.3) is 0 Å². The van der Waals surface area contributed by atoms with Crippen molar-refractivity contribution in [1.82, 2.24) is 10.3 Å². The first-order valence-corrected chi connectivity index (χ1v) is 6.07. The zero-order chi connectivity index (χ0) is 10.7. The van der Waals surface area contributed by atoms with Crippen LogP contribution in [0.5, 0.6) is 0 Å². The van der Waals surface area contributed by atoms with E-state index in [0.29, 0.717) is 12.5 Å². The largest absolute Gasteiger partial charge is 0.360 e. The SMILES string of the molecule is Cc1csc(NCCNC(=O)C2CC2)n1. The van der Waals surface area contributed by atoms with E-state index in [1.54, 1.807) is 11.3 Å². The number of rotatable bonds is 5. The maximum atomic E-state index is 11.3. The van der Waals surface area contributed by atoms with Crippen molar-refractivity contribution in [2.24, 2.45) is 5.92 Å². The summed E-state index contributed by atoms with van der Waals surface area (Å²) in [7, 11) is 0. The van der Waals surface area contributed by atoms with Gasteiger partial charge in [-0.05, 0) is 19.8 Å². The van der Waals surface area contributed by atoms with E-state index in [1.807, 2.05) is 12.3 Å². The zero-order valence-corrected chi connectivity index (χ0v) is 9.56. The van der Waals surface area contributed by atoms with Crippen LogP contribution in [0.2, 0.25) is 0 Å². The summed E-state index contributed by atoms with van der Waals surface area (Å²) in [5, 5.41) is 9.00. The van der Waals surface area contributed by atoms with Crippen molar-refractivity contribution in [3.8, 4) is 0 Å². The molecule has 1 aromatic heterocycles. The molecule has 2 rings (SSSR count). The normalized spacial score (nSPS) is 15.0. The molecule has 82 valence electrons. The Morgan fingerprint density at radius 2 is 2.40 bits per heavy atom. The van der Waals surface area contributed by atoms with Gasteiger partial charge in [0, 0.05) is 24.4 Å². The van der Waals surface area contributed by atoms with Gasteiger partial charge in [-0.1, -0.05) is 0 Å². The Labute approximate surface area is 93.1 Å². The molecular weight excluding hydrogens is 210 g/mol. The number of hydrogen-bond donors (Lipinski definition) is 2. The molecule has 1 fully saturated rings. The van der Waals surface area contributed by atoms with Crippen molar-refractivity contribution < 1.29 is 4.79 Å². The van der Waals surface area contributed by atoms with E-state index in [2.05, 4.69) is 15.6 Å². The van der Waals surface area contributed by atoms with Crippen molar-refractivity contribution in [3.63, 3.8) is 0 Å². The van der Waals surface area contributed by atoms with E-state index in [4.69, 9.17) is 0 Å². The maximum Gasteiger partial charge on any atom is 0.223 e. The summed E-state index contributed by atoms with van der Waals surface area (Å²) in [6, 6.07) is 0. The van der Waals surface area contributed by atoms with Crippen molar-refractivity contribution in [3.05, 3.63) is 11.1 Å². The van der Waals surface area contributed by atoms with Crippen LogP contribution < -0.4 is 10.6 Å². The summed E-state index contributed by atoms with van der Waals surface area (Å²) in [5.74, 6) is 0.499. The lowest BCUT2D eigenvalue weighted by Gasteiger charge is -2.04. The van der Waals surface area contributed by atoms with Crippen LogP contribution in [0.25, 0.3) is 0 Å². The first-order valence-electron chi connectivity index (χ1n) is 5.19. The molecule has 1 aliphatic rings. The molecule has 0 radical (unpaired) electrons. The number of aryl methyl sites for hydroxylation is 1. The van der Waals surface area contributed by atoms with Gasteiger partial charge >= 0.3 is 0 Å². The first kappa shape index (κ1) is 10.4.